The van der Waals surface area contributed by atoms with E-state index in [9.17, 15) is 17.7 Å². The van der Waals surface area contributed by atoms with Crippen molar-refractivity contribution >= 4 is 7.60 Å². The largest absolute Gasteiger partial charge is 0.399 e. The molecule has 0 unspecified atom stereocenters. The van der Waals surface area contributed by atoms with E-state index in [1.54, 1.807) is 0 Å². The van der Waals surface area contributed by atoms with Crippen LogP contribution in [0.5, 0.6) is 0 Å². The van der Waals surface area contributed by atoms with Crippen LogP contribution in [0.15, 0.2) is 18.2 Å². The van der Waals surface area contributed by atoms with E-state index in [0.29, 0.717) is 11.6 Å². The van der Waals surface area contributed by atoms with Crippen molar-refractivity contribution in [1.82, 2.24) is 0 Å². The van der Waals surface area contributed by atoms with Gasteiger partial charge in [-0.1, -0.05) is 6.07 Å². The topological polar surface area (TPSA) is 57.5 Å². The summed E-state index contributed by atoms with van der Waals surface area (Å²) in [7, 11) is -5.71. The van der Waals surface area contributed by atoms with Gasteiger partial charge >= 0.3 is 13.3 Å². The summed E-state index contributed by atoms with van der Waals surface area (Å²) in [5, 5.41) is 0. The van der Waals surface area contributed by atoms with E-state index in [4.69, 9.17) is 9.79 Å². The van der Waals surface area contributed by atoms with Gasteiger partial charge in [0.2, 0.25) is 0 Å². The molecule has 0 aromatic heterocycles. The molecule has 2 N–H and O–H groups in total. The average Bonchev–Trinajstić information content (AvgIpc) is 2.00. The van der Waals surface area contributed by atoms with Gasteiger partial charge < -0.3 is 9.79 Å². The quantitative estimate of drug-likeness (QED) is 0.780. The molecule has 3 nitrogen and oxygen atoms in total. The molecule has 1 aromatic rings. The maximum Gasteiger partial charge on any atom is 0.399 e. The zero-order chi connectivity index (χ0) is 11.9. The van der Waals surface area contributed by atoms with Crippen molar-refractivity contribution in [2.24, 2.45) is 0 Å². The van der Waals surface area contributed by atoms with E-state index in [1.165, 1.54) is 6.92 Å². The number of hydrogen-bond acceptors (Lipinski definition) is 1. The van der Waals surface area contributed by atoms with Gasteiger partial charge in [-0.15, -0.1) is 0 Å². The maximum absolute atomic E-state index is 13.1. The minimum absolute atomic E-state index is 0.387. The number of alkyl halides is 2. The van der Waals surface area contributed by atoms with E-state index < -0.39 is 24.6 Å². The smallest absolute Gasteiger partial charge is 0.320 e. The molecule has 0 bridgehead atoms. The first-order valence-corrected chi connectivity index (χ1v) is 5.47. The highest BCUT2D eigenvalue weighted by atomic mass is 31.2. The van der Waals surface area contributed by atoms with Crippen molar-refractivity contribution < 1.29 is 27.5 Å². The van der Waals surface area contributed by atoms with E-state index in [0.717, 1.165) is 12.1 Å². The third-order valence-corrected chi connectivity index (χ3v) is 2.79. The van der Waals surface area contributed by atoms with Crippen molar-refractivity contribution in [3.63, 3.8) is 0 Å². The molecule has 0 saturated heterocycles. The Labute approximate surface area is 83.7 Å². The summed E-state index contributed by atoms with van der Waals surface area (Å²) >= 11 is 0. The fourth-order valence-corrected chi connectivity index (χ4v) is 1.52. The molecule has 1 rings (SSSR count). The van der Waals surface area contributed by atoms with Crippen molar-refractivity contribution in [3.8, 4) is 0 Å². The Morgan fingerprint density at radius 2 is 1.87 bits per heavy atom. The SMILES string of the molecule is Cc1ccc(C(F)(F)P(=O)(O)O)c(F)c1. The lowest BCUT2D eigenvalue weighted by Crippen LogP contribution is -2.15. The number of rotatable bonds is 2. The summed E-state index contributed by atoms with van der Waals surface area (Å²) < 4.78 is 49.6. The Balaban J connectivity index is 3.34. The summed E-state index contributed by atoms with van der Waals surface area (Å²) in [6, 6.07) is 2.62. The highest BCUT2D eigenvalue weighted by molar-refractivity contribution is 7.52. The molecule has 0 radical (unpaired) electrons. The van der Waals surface area contributed by atoms with Crippen LogP contribution in [-0.2, 0) is 10.2 Å². The Morgan fingerprint density at radius 3 is 2.27 bits per heavy atom. The zero-order valence-corrected chi connectivity index (χ0v) is 8.51. The lowest BCUT2D eigenvalue weighted by Gasteiger charge is -2.18. The highest BCUT2D eigenvalue weighted by Crippen LogP contribution is 2.59. The van der Waals surface area contributed by atoms with Crippen LogP contribution in [0.3, 0.4) is 0 Å². The van der Waals surface area contributed by atoms with Gasteiger partial charge in [-0.3, -0.25) is 4.57 Å². The second-order valence-electron chi connectivity index (χ2n) is 3.07. The van der Waals surface area contributed by atoms with Crippen LogP contribution in [0.1, 0.15) is 11.1 Å². The van der Waals surface area contributed by atoms with E-state index in [1.807, 2.05) is 0 Å². The molecule has 7 heteroatoms. The molecule has 0 saturated carbocycles. The summed E-state index contributed by atoms with van der Waals surface area (Å²) in [4.78, 5) is 16.8. The van der Waals surface area contributed by atoms with Gasteiger partial charge in [0.1, 0.15) is 5.82 Å². The predicted molar refractivity (Wildman–Crippen MR) is 47.1 cm³/mol. The standard InChI is InChI=1S/C8H8F3O3P/c1-5-2-3-6(7(9)4-5)8(10,11)15(12,13)14/h2-4H,1H3,(H2,12,13,14). The fraction of sp³-hybridized carbons (Fsp3) is 0.250. The van der Waals surface area contributed by atoms with Gasteiger partial charge in [-0.2, -0.15) is 8.78 Å². The summed E-state index contributed by atoms with van der Waals surface area (Å²) in [5.41, 5.74) is -5.40. The zero-order valence-electron chi connectivity index (χ0n) is 7.62. The molecule has 0 aliphatic rings. The molecule has 0 atom stereocenters. The maximum atomic E-state index is 13.1. The number of halogens is 3. The molecule has 0 spiro atoms. The van der Waals surface area contributed by atoms with Crippen LogP contribution < -0.4 is 0 Å². The molecule has 15 heavy (non-hydrogen) atoms. The van der Waals surface area contributed by atoms with Crippen LogP contribution in [0.2, 0.25) is 0 Å². The predicted octanol–water partition coefficient (Wildman–Crippen LogP) is 2.36. The molecular weight excluding hydrogens is 232 g/mol. The average molecular weight is 240 g/mol. The van der Waals surface area contributed by atoms with Crippen LogP contribution in [0.4, 0.5) is 13.2 Å². The number of benzene rings is 1. The normalized spacial score (nSPS) is 12.9. The molecule has 0 amide bonds. The molecule has 84 valence electrons. The number of hydrogen-bond donors (Lipinski definition) is 2. The first-order valence-electron chi connectivity index (χ1n) is 3.86. The Kier molecular flexibility index (Phi) is 2.96. The van der Waals surface area contributed by atoms with Gasteiger partial charge in [0, 0.05) is 0 Å². The van der Waals surface area contributed by atoms with E-state index in [2.05, 4.69) is 0 Å². The third-order valence-electron chi connectivity index (χ3n) is 1.81. The number of aryl methyl sites for hydroxylation is 1. The van der Waals surface area contributed by atoms with Crippen molar-refractivity contribution in [2.75, 3.05) is 0 Å². The molecular formula is C8H8F3O3P. The lowest BCUT2D eigenvalue weighted by atomic mass is 10.1. The van der Waals surface area contributed by atoms with Crippen LogP contribution >= 0.6 is 7.60 Å². The second kappa shape index (κ2) is 3.63. The van der Waals surface area contributed by atoms with Crippen molar-refractivity contribution in [2.45, 2.75) is 12.6 Å². The Bertz CT molecular complexity index is 427. The third kappa shape index (κ3) is 2.22. The van der Waals surface area contributed by atoms with Gasteiger partial charge in [-0.25, -0.2) is 4.39 Å². The summed E-state index contributed by atoms with van der Waals surface area (Å²) in [6.45, 7) is 1.47. The van der Waals surface area contributed by atoms with Gasteiger partial charge in [-0.05, 0) is 24.6 Å². The van der Waals surface area contributed by atoms with Crippen LogP contribution in [0, 0.1) is 12.7 Å². The van der Waals surface area contributed by atoms with Crippen molar-refractivity contribution in [1.29, 1.82) is 0 Å². The van der Waals surface area contributed by atoms with Gasteiger partial charge in [0.25, 0.3) is 0 Å². The minimum atomic E-state index is -5.71. The first kappa shape index (κ1) is 12.2. The van der Waals surface area contributed by atoms with E-state index in [-0.39, 0.29) is 0 Å². The molecule has 0 aliphatic carbocycles. The highest BCUT2D eigenvalue weighted by Gasteiger charge is 2.51. The van der Waals surface area contributed by atoms with Gasteiger partial charge in [0.15, 0.2) is 0 Å². The monoisotopic (exact) mass is 240 g/mol. The molecule has 0 heterocycles. The fourth-order valence-electron chi connectivity index (χ4n) is 1.02. The summed E-state index contributed by atoms with van der Waals surface area (Å²) in [6.07, 6.45) is 0. The minimum Gasteiger partial charge on any atom is -0.320 e. The second-order valence-corrected chi connectivity index (χ2v) is 4.72. The first-order chi connectivity index (χ1) is 6.66. The van der Waals surface area contributed by atoms with Crippen LogP contribution in [0.25, 0.3) is 0 Å². The summed E-state index contributed by atoms with van der Waals surface area (Å²) in [5.74, 6) is -1.33. The molecule has 0 aliphatic heterocycles. The lowest BCUT2D eigenvalue weighted by molar-refractivity contribution is 0.0527. The van der Waals surface area contributed by atoms with E-state index >= 15 is 0 Å². The van der Waals surface area contributed by atoms with Gasteiger partial charge in [0.05, 0.1) is 5.56 Å². The molecule has 1 aromatic carbocycles. The Hall–Kier alpha value is -0.840. The van der Waals surface area contributed by atoms with Crippen molar-refractivity contribution in [3.05, 3.63) is 35.1 Å². The van der Waals surface area contributed by atoms with Crippen LogP contribution in [-0.4, -0.2) is 9.79 Å². The molecule has 0 fully saturated rings. The Morgan fingerprint density at radius 1 is 1.33 bits per heavy atom.